The van der Waals surface area contributed by atoms with Gasteiger partial charge in [-0.2, -0.15) is 0 Å². The zero-order valence-electron chi connectivity index (χ0n) is 14.6. The molecule has 0 bridgehead atoms. The summed E-state index contributed by atoms with van der Waals surface area (Å²) in [5.74, 6) is -0.400. The van der Waals surface area contributed by atoms with Crippen LogP contribution in [0, 0.1) is 0 Å². The van der Waals surface area contributed by atoms with Crippen molar-refractivity contribution in [2.24, 2.45) is 0 Å². The Morgan fingerprint density at radius 2 is 1.50 bits per heavy atom. The molecule has 0 fully saturated rings. The van der Waals surface area contributed by atoms with Crippen molar-refractivity contribution in [1.82, 2.24) is 0 Å². The van der Waals surface area contributed by atoms with Crippen LogP contribution in [-0.4, -0.2) is 37.7 Å². The predicted molar refractivity (Wildman–Crippen MR) is 104 cm³/mol. The number of rotatable bonds is 7. The Morgan fingerprint density at radius 1 is 0.923 bits per heavy atom. The molecule has 0 heterocycles. The van der Waals surface area contributed by atoms with E-state index in [9.17, 15) is 14.4 Å². The second-order valence-corrected chi connectivity index (χ2v) is 6.87. The first-order valence-corrected chi connectivity index (χ1v) is 8.91. The second kappa shape index (κ2) is 9.26. The highest BCUT2D eigenvalue weighted by Gasteiger charge is 2.15. The van der Waals surface area contributed by atoms with Gasteiger partial charge in [-0.15, -0.1) is 0 Å². The van der Waals surface area contributed by atoms with Crippen LogP contribution in [0.5, 0.6) is 0 Å². The summed E-state index contributed by atoms with van der Waals surface area (Å²) >= 11 is 3.38. The van der Waals surface area contributed by atoms with Crippen LogP contribution in [0.3, 0.4) is 0 Å². The molecular weight excluding hydrogens is 398 g/mol. The number of hydrogen-bond acceptors (Lipinski definition) is 3. The molecule has 0 saturated heterocycles. The Kier molecular flexibility index (Phi) is 7.06. The van der Waals surface area contributed by atoms with Crippen LogP contribution in [0.25, 0.3) is 0 Å². The molecule has 6 nitrogen and oxygen atoms in total. The molecule has 0 aliphatic rings. The van der Waals surface area contributed by atoms with Crippen LogP contribution < -0.4 is 15.5 Å². The summed E-state index contributed by atoms with van der Waals surface area (Å²) in [5.41, 5.74) is 1.90. The van der Waals surface area contributed by atoms with E-state index < -0.39 is 0 Å². The van der Waals surface area contributed by atoms with Gasteiger partial charge in [0.2, 0.25) is 0 Å². The molecule has 2 aromatic rings. The standard InChI is InChI=1S/C19H20BrN3O3/c1-13(24)14-7-9-15(10-8-14)21-18(25)11-23(2)12-19(26)22-17-6-4-3-5-16(17)20/h3-10H,11-12H2,1-2H3,(H,21,25)(H,22,26)/p+1. The van der Waals surface area contributed by atoms with E-state index in [-0.39, 0.29) is 30.7 Å². The fourth-order valence-electron chi connectivity index (χ4n) is 2.36. The van der Waals surface area contributed by atoms with Crippen molar-refractivity contribution in [3.05, 3.63) is 58.6 Å². The number of para-hydroxylation sites is 1. The van der Waals surface area contributed by atoms with Crippen LogP contribution in [0.4, 0.5) is 11.4 Å². The highest BCUT2D eigenvalue weighted by Crippen LogP contribution is 2.20. The highest BCUT2D eigenvalue weighted by atomic mass is 79.9. The van der Waals surface area contributed by atoms with Crippen molar-refractivity contribution >= 4 is 44.9 Å². The fraction of sp³-hybridized carbons (Fsp3) is 0.211. The largest absolute Gasteiger partial charge is 0.322 e. The van der Waals surface area contributed by atoms with E-state index in [0.717, 1.165) is 9.37 Å². The SMILES string of the molecule is CC(=O)c1ccc(NC(=O)C[NH+](C)CC(=O)Nc2ccccc2Br)cc1. The van der Waals surface area contributed by atoms with Crippen LogP contribution in [0.1, 0.15) is 17.3 Å². The number of ketones is 1. The van der Waals surface area contributed by atoms with Crippen molar-refractivity contribution in [2.75, 3.05) is 30.8 Å². The molecule has 3 N–H and O–H groups in total. The fourth-order valence-corrected chi connectivity index (χ4v) is 2.75. The predicted octanol–water partition coefficient (Wildman–Crippen LogP) is 1.74. The normalized spacial score (nSPS) is 11.5. The molecule has 1 unspecified atom stereocenters. The Bertz CT molecular complexity index is 806. The Balaban J connectivity index is 1.82. The summed E-state index contributed by atoms with van der Waals surface area (Å²) < 4.78 is 0.803. The summed E-state index contributed by atoms with van der Waals surface area (Å²) in [5, 5.41) is 5.57. The first-order chi connectivity index (χ1) is 12.3. The van der Waals surface area contributed by atoms with Crippen molar-refractivity contribution in [2.45, 2.75) is 6.92 Å². The van der Waals surface area contributed by atoms with Crippen molar-refractivity contribution in [1.29, 1.82) is 0 Å². The summed E-state index contributed by atoms with van der Waals surface area (Å²) in [6.07, 6.45) is 0. The number of likely N-dealkylation sites (N-methyl/N-ethyl adjacent to an activating group) is 1. The molecule has 0 radical (unpaired) electrons. The summed E-state index contributed by atoms with van der Waals surface area (Å²) in [6, 6.07) is 14.0. The third-order valence-electron chi connectivity index (χ3n) is 3.65. The van der Waals surface area contributed by atoms with Gasteiger partial charge in [0.15, 0.2) is 18.9 Å². The van der Waals surface area contributed by atoms with Gasteiger partial charge < -0.3 is 15.5 Å². The van der Waals surface area contributed by atoms with Crippen LogP contribution in [-0.2, 0) is 9.59 Å². The van der Waals surface area contributed by atoms with Gasteiger partial charge in [0.25, 0.3) is 11.8 Å². The van der Waals surface area contributed by atoms with Gasteiger partial charge in [-0.3, -0.25) is 14.4 Å². The maximum Gasteiger partial charge on any atom is 0.279 e. The van der Waals surface area contributed by atoms with E-state index >= 15 is 0 Å². The molecule has 0 aliphatic heterocycles. The molecule has 2 aromatic carbocycles. The summed E-state index contributed by atoms with van der Waals surface area (Å²) in [7, 11) is 1.78. The number of quaternary nitrogens is 1. The molecule has 0 aliphatic carbocycles. The first kappa shape index (κ1) is 19.8. The molecule has 7 heteroatoms. The first-order valence-electron chi connectivity index (χ1n) is 8.11. The second-order valence-electron chi connectivity index (χ2n) is 6.02. The number of amides is 2. The molecule has 2 amide bonds. The number of carbonyl (C=O) groups excluding carboxylic acids is 3. The van der Waals surface area contributed by atoms with Gasteiger partial charge in [-0.1, -0.05) is 12.1 Å². The van der Waals surface area contributed by atoms with Crippen molar-refractivity contribution in [3.63, 3.8) is 0 Å². The molecule has 0 saturated carbocycles. The molecule has 26 heavy (non-hydrogen) atoms. The maximum absolute atomic E-state index is 12.1. The van der Waals surface area contributed by atoms with E-state index in [0.29, 0.717) is 16.9 Å². The number of nitrogens with one attached hydrogen (secondary N) is 3. The molecular formula is C19H21BrN3O3+. The lowest BCUT2D eigenvalue weighted by atomic mass is 10.1. The lowest BCUT2D eigenvalue weighted by Gasteiger charge is -2.14. The van der Waals surface area contributed by atoms with Gasteiger partial charge in [0, 0.05) is 15.7 Å². The quantitative estimate of drug-likeness (QED) is 0.599. The Labute approximate surface area is 160 Å². The van der Waals surface area contributed by atoms with Crippen molar-refractivity contribution < 1.29 is 19.3 Å². The van der Waals surface area contributed by atoms with E-state index in [1.54, 1.807) is 37.4 Å². The zero-order valence-corrected chi connectivity index (χ0v) is 16.2. The number of benzene rings is 2. The van der Waals surface area contributed by atoms with Gasteiger partial charge in [-0.05, 0) is 59.3 Å². The van der Waals surface area contributed by atoms with E-state index in [2.05, 4.69) is 26.6 Å². The number of Topliss-reactive ketones (excluding diaryl/α,β-unsaturated/α-hetero) is 1. The third kappa shape index (κ3) is 6.09. The van der Waals surface area contributed by atoms with Crippen LogP contribution in [0.15, 0.2) is 53.0 Å². The monoisotopic (exact) mass is 418 g/mol. The maximum atomic E-state index is 12.1. The minimum Gasteiger partial charge on any atom is -0.322 e. The number of anilines is 2. The topological polar surface area (TPSA) is 79.7 Å². The van der Waals surface area contributed by atoms with Gasteiger partial charge in [0.05, 0.1) is 12.7 Å². The Hall–Kier alpha value is -2.51. The molecule has 136 valence electrons. The average molecular weight is 419 g/mol. The number of carbonyl (C=O) groups is 3. The molecule has 0 aromatic heterocycles. The van der Waals surface area contributed by atoms with Gasteiger partial charge >= 0.3 is 0 Å². The minimum absolute atomic E-state index is 0.0249. The molecule has 1 atom stereocenters. The summed E-state index contributed by atoms with van der Waals surface area (Å²) in [6.45, 7) is 1.81. The van der Waals surface area contributed by atoms with E-state index in [4.69, 9.17) is 0 Å². The van der Waals surface area contributed by atoms with Gasteiger partial charge in [-0.25, -0.2) is 0 Å². The Morgan fingerprint density at radius 3 is 2.08 bits per heavy atom. The third-order valence-corrected chi connectivity index (χ3v) is 4.34. The summed E-state index contributed by atoms with van der Waals surface area (Å²) in [4.78, 5) is 36.2. The zero-order chi connectivity index (χ0) is 19.1. The highest BCUT2D eigenvalue weighted by molar-refractivity contribution is 9.10. The smallest absolute Gasteiger partial charge is 0.279 e. The molecule has 0 spiro atoms. The number of halogens is 1. The van der Waals surface area contributed by atoms with Crippen LogP contribution >= 0.6 is 15.9 Å². The van der Waals surface area contributed by atoms with Crippen LogP contribution in [0.2, 0.25) is 0 Å². The minimum atomic E-state index is -0.202. The average Bonchev–Trinajstić information content (AvgIpc) is 2.57. The molecule has 2 rings (SSSR count). The van der Waals surface area contributed by atoms with E-state index in [1.807, 2.05) is 18.2 Å². The van der Waals surface area contributed by atoms with Crippen molar-refractivity contribution in [3.8, 4) is 0 Å². The van der Waals surface area contributed by atoms with E-state index in [1.165, 1.54) is 6.92 Å². The van der Waals surface area contributed by atoms with Gasteiger partial charge in [0.1, 0.15) is 0 Å². The number of hydrogen-bond donors (Lipinski definition) is 3. The lowest BCUT2D eigenvalue weighted by molar-refractivity contribution is -0.862. The lowest BCUT2D eigenvalue weighted by Crippen LogP contribution is -3.11.